The number of nitrogens with zero attached hydrogens (tertiary/aromatic N) is 12. The Morgan fingerprint density at radius 3 is 1.37 bits per heavy atom. The summed E-state index contributed by atoms with van der Waals surface area (Å²) in [6.07, 6.45) is 4.09. The van der Waals surface area contributed by atoms with Crippen molar-refractivity contribution in [3.63, 3.8) is 0 Å². The number of methoxy groups -OCH3 is 2. The molecule has 2 saturated heterocycles. The Kier molecular flexibility index (Phi) is 20.3. The number of anilines is 4. The Balaban J connectivity index is 0.000000189. The molecule has 3 amide bonds. The number of pyridine rings is 2. The predicted octanol–water partition coefficient (Wildman–Crippen LogP) is 10.5. The minimum atomic E-state index is -1.01. The topological polar surface area (TPSA) is 357 Å². The number of hydrogen-bond acceptors (Lipinski definition) is 21. The van der Waals surface area contributed by atoms with Crippen LogP contribution >= 0.6 is 0 Å². The fourth-order valence-corrected chi connectivity index (χ4v) is 10.2. The molecule has 0 radical (unpaired) electrons. The third kappa shape index (κ3) is 17.5. The van der Waals surface area contributed by atoms with Crippen molar-refractivity contribution in [2.45, 2.75) is 105 Å². The molecule has 0 unspecified atom stereocenters. The van der Waals surface area contributed by atoms with E-state index >= 15 is 0 Å². The zero-order valence-corrected chi connectivity index (χ0v) is 54.3. The average molecular weight is 1300 g/mol. The number of nitrogens with two attached hydrogens (primary N) is 1. The quantitative estimate of drug-likeness (QED) is 0.0445. The maximum atomic E-state index is 12.7. The third-order valence-corrected chi connectivity index (χ3v) is 14.6. The van der Waals surface area contributed by atoms with E-state index in [-0.39, 0.29) is 41.7 Å². The number of aromatic nitrogens is 12. The Hall–Kier alpha value is -11.5. The predicted molar refractivity (Wildman–Crippen MR) is 354 cm³/mol. The molecule has 29 nitrogen and oxygen atoms in total. The summed E-state index contributed by atoms with van der Waals surface area (Å²) in [5.74, 6) is 5.26. The van der Waals surface area contributed by atoms with Crippen molar-refractivity contribution in [1.29, 1.82) is 0 Å². The van der Waals surface area contributed by atoms with Crippen molar-refractivity contribution < 1.29 is 52.7 Å². The lowest BCUT2D eigenvalue weighted by Gasteiger charge is -2.24. The molecule has 29 heteroatoms. The Bertz CT molecular complexity index is 4270. The number of H-pyrrole nitrogens is 2. The van der Waals surface area contributed by atoms with E-state index in [1.807, 2.05) is 94.8 Å². The molecule has 12 rings (SSSR count). The van der Waals surface area contributed by atoms with Crippen molar-refractivity contribution in [2.24, 2.45) is 0 Å². The molecule has 6 aromatic heterocycles. The van der Waals surface area contributed by atoms with Crippen LogP contribution in [0.1, 0.15) is 97.9 Å². The number of nitrogens with one attached hydrogen (secondary N) is 5. The van der Waals surface area contributed by atoms with Crippen molar-refractivity contribution in [3.8, 4) is 34.5 Å². The smallest absolute Gasteiger partial charge is 0.410 e. The summed E-state index contributed by atoms with van der Waals surface area (Å²) in [5, 5.41) is 42.9. The van der Waals surface area contributed by atoms with Crippen LogP contribution in [0.3, 0.4) is 0 Å². The fraction of sp³-hybridized carbons (Fsp3) is 0.333. The van der Waals surface area contributed by atoms with Gasteiger partial charge in [-0.15, -0.1) is 10.2 Å². The van der Waals surface area contributed by atoms with Crippen molar-refractivity contribution in [2.75, 3.05) is 62.1 Å². The minimum Gasteiger partial charge on any atom is -0.497 e. The van der Waals surface area contributed by atoms with Crippen LogP contribution in [0.25, 0.3) is 22.1 Å². The van der Waals surface area contributed by atoms with Gasteiger partial charge in [0.25, 0.3) is 5.91 Å². The number of aromatic amines is 2. The summed E-state index contributed by atoms with van der Waals surface area (Å²) in [6.45, 7) is 17.6. The maximum absolute atomic E-state index is 12.7. The maximum Gasteiger partial charge on any atom is 0.410 e. The number of aryl methyl sites for hydroxylation is 2. The second-order valence-corrected chi connectivity index (χ2v) is 24.4. The van der Waals surface area contributed by atoms with Gasteiger partial charge in [0.05, 0.1) is 32.9 Å². The van der Waals surface area contributed by atoms with Crippen LogP contribution in [0, 0.1) is 13.8 Å². The van der Waals surface area contributed by atoms with Gasteiger partial charge in [0, 0.05) is 68.4 Å². The van der Waals surface area contributed by atoms with E-state index in [1.165, 1.54) is 12.1 Å². The lowest BCUT2D eigenvalue weighted by Crippen LogP contribution is -2.36. The second kappa shape index (κ2) is 29.0. The van der Waals surface area contributed by atoms with Crippen molar-refractivity contribution in [3.05, 3.63) is 155 Å². The zero-order valence-electron chi connectivity index (χ0n) is 54.3. The van der Waals surface area contributed by atoms with E-state index in [4.69, 9.17) is 44.4 Å². The lowest BCUT2D eigenvalue weighted by molar-refractivity contribution is 0.0283. The zero-order chi connectivity index (χ0) is 67.6. The van der Waals surface area contributed by atoms with Gasteiger partial charge in [0.1, 0.15) is 68.1 Å². The molecule has 2 fully saturated rings. The molecule has 2 atom stereocenters. The standard InChI is InChI=1S/C33H37N9O5.C30H33N5O6.C3H6N4/c1-20-35-31(39-38-20)37-30(43)22-8-12-25(13-9-22)46-26-14-16-34-29-27(26)28(40-42(29)18-21-6-10-24(45-5)11-7-21)36-23-15-17-41(19-23)32(44)47-33(2,3)4;1-30(2,3)41-29(38)34-16-14-21(18-34)32-26-25-24(40-23-11-7-20(8-12-23)28(36)37)13-15-31-27(25)35(33-26)17-19-5-9-22(39-4)10-6-19;1-2-5-3(4)7-6-2/h6-14,16,23H,15,17-19H2,1-5H3,(H,36,40)(H2,35,37,38,39,43);5-13,15,21H,14,16-18H2,1-4H3,(H,32,33)(H,36,37);1H3,(H3,4,5,6,7)/t23-;21-;/m11./s1. The van der Waals surface area contributed by atoms with E-state index in [9.17, 15) is 24.3 Å². The molecule has 2 aliphatic heterocycles. The first kappa shape index (κ1) is 66.4. The highest BCUT2D eigenvalue weighted by Gasteiger charge is 2.33. The molecule has 2 aliphatic rings. The Morgan fingerprint density at radius 2 is 1.00 bits per heavy atom. The first-order valence-electron chi connectivity index (χ1n) is 30.5. The summed E-state index contributed by atoms with van der Waals surface area (Å²) in [6, 6.07) is 31.9. The summed E-state index contributed by atoms with van der Waals surface area (Å²) in [5.41, 5.74) is 7.84. The molecule has 0 spiro atoms. The number of carbonyl (C=O) groups is 4. The van der Waals surface area contributed by atoms with Crippen LogP contribution in [-0.4, -0.2) is 163 Å². The van der Waals surface area contributed by atoms with Gasteiger partial charge in [-0.25, -0.2) is 33.7 Å². The molecule has 0 saturated carbocycles. The Morgan fingerprint density at radius 1 is 0.579 bits per heavy atom. The van der Waals surface area contributed by atoms with E-state index in [0.717, 1.165) is 41.3 Å². The number of rotatable bonds is 17. The minimum absolute atomic E-state index is 0.0574. The van der Waals surface area contributed by atoms with E-state index in [0.29, 0.717) is 113 Å². The molecule has 496 valence electrons. The van der Waals surface area contributed by atoms with Crippen LogP contribution in [0.15, 0.2) is 122 Å². The number of carbonyl (C=O) groups excluding carboxylic acids is 3. The van der Waals surface area contributed by atoms with E-state index in [1.54, 1.807) is 103 Å². The van der Waals surface area contributed by atoms with E-state index < -0.39 is 17.2 Å². The largest absolute Gasteiger partial charge is 0.497 e. The molecule has 0 aliphatic carbocycles. The second-order valence-electron chi connectivity index (χ2n) is 24.4. The number of carboxylic acids is 1. The van der Waals surface area contributed by atoms with Gasteiger partial charge in [-0.2, -0.15) is 20.2 Å². The number of hydrogen-bond donors (Lipinski definition) is 7. The molecular weight excluding hydrogens is 1220 g/mol. The number of aromatic carboxylic acids is 1. The molecule has 10 aromatic rings. The number of likely N-dealkylation sites (tertiary alicyclic amines) is 2. The van der Waals surface area contributed by atoms with Gasteiger partial charge in [0.15, 0.2) is 22.9 Å². The fourth-order valence-electron chi connectivity index (χ4n) is 10.2. The molecule has 8 heterocycles. The molecule has 0 bridgehead atoms. The van der Waals surface area contributed by atoms with Gasteiger partial charge < -0.3 is 59.7 Å². The normalized spacial score (nSPS) is 14.5. The number of fused-ring (bicyclic) bond motifs is 2. The van der Waals surface area contributed by atoms with Gasteiger partial charge in [-0.3, -0.25) is 20.3 Å². The SMILES string of the molecule is COc1ccc(Cn2nc(N[C@@H]3CCN(C(=O)OC(C)(C)C)C3)c3c(Oc4ccc(C(=O)Nc5n[nH]c(C)n5)cc4)ccnc32)cc1.COc1ccc(Cn2nc(N[C@@H]3CCN(C(=O)OC(C)(C)C)C3)c3c(Oc4ccc(C(=O)O)cc4)ccnc32)cc1.Cc1nc(N)n[nH]1. The Labute approximate surface area is 546 Å². The lowest BCUT2D eigenvalue weighted by atomic mass is 10.2. The molecule has 8 N–H and O–H groups in total. The number of nitrogen functional groups attached to an aromatic ring is 1. The third-order valence-electron chi connectivity index (χ3n) is 14.6. The van der Waals surface area contributed by atoms with Crippen LogP contribution in [0.2, 0.25) is 0 Å². The molecule has 4 aromatic carbocycles. The highest BCUT2D eigenvalue weighted by Crippen LogP contribution is 2.38. The first-order chi connectivity index (χ1) is 45.4. The van der Waals surface area contributed by atoms with Crippen molar-refractivity contribution >= 4 is 69.7 Å². The molecule has 95 heavy (non-hydrogen) atoms. The van der Waals surface area contributed by atoms with Crippen LogP contribution in [0.4, 0.5) is 33.1 Å². The summed E-state index contributed by atoms with van der Waals surface area (Å²) < 4.78 is 37.9. The summed E-state index contributed by atoms with van der Waals surface area (Å²) in [4.78, 5) is 69.8. The number of carboxylic acid groups (broad SMARTS) is 1. The van der Waals surface area contributed by atoms with Gasteiger partial charge in [0.2, 0.25) is 11.9 Å². The average Bonchev–Trinajstić information content (AvgIpc) is 1.64. The van der Waals surface area contributed by atoms with Crippen LogP contribution in [0.5, 0.6) is 34.5 Å². The number of amides is 3. The van der Waals surface area contributed by atoms with Crippen LogP contribution < -0.4 is 40.6 Å². The molecular formula is C66H76N18O11. The van der Waals surface area contributed by atoms with Crippen LogP contribution in [-0.2, 0) is 22.6 Å². The summed E-state index contributed by atoms with van der Waals surface area (Å²) >= 11 is 0. The van der Waals surface area contributed by atoms with Gasteiger partial charge in [-0.05, 0) is 152 Å². The monoisotopic (exact) mass is 1300 g/mol. The van der Waals surface area contributed by atoms with E-state index in [2.05, 4.69) is 56.3 Å². The summed E-state index contributed by atoms with van der Waals surface area (Å²) in [7, 11) is 3.26. The first-order valence-corrected chi connectivity index (χ1v) is 30.5. The van der Waals surface area contributed by atoms with Gasteiger partial charge in [-0.1, -0.05) is 24.3 Å². The number of benzene rings is 4. The van der Waals surface area contributed by atoms with Gasteiger partial charge >= 0.3 is 18.2 Å². The van der Waals surface area contributed by atoms with Crippen molar-refractivity contribution in [1.82, 2.24) is 69.7 Å². The number of ether oxygens (including phenoxy) is 6. The highest BCUT2D eigenvalue weighted by atomic mass is 16.6. The highest BCUT2D eigenvalue weighted by molar-refractivity contribution is 6.03.